The summed E-state index contributed by atoms with van der Waals surface area (Å²) in [7, 11) is 0. The van der Waals surface area contributed by atoms with E-state index in [9.17, 15) is 0 Å². The molecule has 0 fully saturated rings. The molecule has 0 atom stereocenters. The largest absolute Gasteiger partial charge is 0.494 e. The van der Waals surface area contributed by atoms with Gasteiger partial charge in [-0.25, -0.2) is 0 Å². The monoisotopic (exact) mass is 542 g/mol. The summed E-state index contributed by atoms with van der Waals surface area (Å²) in [5.74, 6) is 1.83. The zero-order valence-electron chi connectivity index (χ0n) is 24.2. The number of nitriles is 2. The normalized spacial score (nSPS) is 10.5. The second-order valence-electron chi connectivity index (χ2n) is 10.5. The van der Waals surface area contributed by atoms with Crippen LogP contribution >= 0.6 is 0 Å². The average molecular weight is 543 g/mol. The van der Waals surface area contributed by atoms with Crippen LogP contribution < -0.4 is 9.47 Å². The Balaban J connectivity index is 1.05. The van der Waals surface area contributed by atoms with Crippen molar-refractivity contribution >= 4 is 0 Å². The number of unbranched alkanes of at least 4 members (excludes halogenated alkanes) is 6. The quantitative estimate of drug-likeness (QED) is 0.149. The second kappa shape index (κ2) is 15.3. The third-order valence-corrected chi connectivity index (χ3v) is 7.37. The van der Waals surface area contributed by atoms with Crippen molar-refractivity contribution in [3.63, 3.8) is 0 Å². The number of nitrogens with zero attached hydrogens (tertiary/aromatic N) is 2. The zero-order valence-corrected chi connectivity index (χ0v) is 24.2. The van der Waals surface area contributed by atoms with Gasteiger partial charge in [-0.15, -0.1) is 0 Å². The molecule has 0 aromatic heterocycles. The van der Waals surface area contributed by atoms with Gasteiger partial charge in [0.15, 0.2) is 0 Å². The minimum absolute atomic E-state index is 0.676. The Hall–Kier alpha value is -4.54. The van der Waals surface area contributed by atoms with Crippen LogP contribution in [0.25, 0.3) is 22.3 Å². The van der Waals surface area contributed by atoms with Gasteiger partial charge in [-0.3, -0.25) is 0 Å². The Labute approximate surface area is 244 Å². The van der Waals surface area contributed by atoms with Crippen LogP contribution in [0.4, 0.5) is 0 Å². The highest BCUT2D eigenvalue weighted by Gasteiger charge is 2.06. The molecule has 0 aliphatic carbocycles. The molecule has 4 heteroatoms. The molecule has 4 rings (SSSR count). The van der Waals surface area contributed by atoms with Gasteiger partial charge in [0.05, 0.1) is 36.5 Å². The van der Waals surface area contributed by atoms with Gasteiger partial charge in [0.1, 0.15) is 11.5 Å². The minimum Gasteiger partial charge on any atom is -0.494 e. The number of benzene rings is 4. The summed E-state index contributed by atoms with van der Waals surface area (Å²) >= 11 is 0. The predicted octanol–water partition coefficient (Wildman–Crippen LogP) is 9.57. The van der Waals surface area contributed by atoms with Crippen LogP contribution in [-0.4, -0.2) is 13.2 Å². The number of hydrogen-bond acceptors (Lipinski definition) is 4. The fraction of sp³-hybridized carbons (Fsp3) is 0.297. The van der Waals surface area contributed by atoms with Crippen molar-refractivity contribution in [3.8, 4) is 45.9 Å². The second-order valence-corrected chi connectivity index (χ2v) is 10.5. The summed E-state index contributed by atoms with van der Waals surface area (Å²) in [6.07, 6.45) is 8.21. The Kier molecular flexibility index (Phi) is 11.0. The molecule has 4 nitrogen and oxygen atoms in total. The highest BCUT2D eigenvalue weighted by atomic mass is 16.5. The SMILES string of the molecule is Cc1cc(OCCCCCCCCCOc2ccc(-c3ccc(C#N)cc3)c(C)c2)ccc1-c1ccc(C#N)cc1. The van der Waals surface area contributed by atoms with Crippen LogP contribution in [-0.2, 0) is 0 Å². The van der Waals surface area contributed by atoms with E-state index in [1.807, 2.05) is 60.7 Å². The Morgan fingerprint density at radius 1 is 0.488 bits per heavy atom. The summed E-state index contributed by atoms with van der Waals surface area (Å²) in [6, 6.07) is 32.2. The van der Waals surface area contributed by atoms with E-state index >= 15 is 0 Å². The molecule has 0 N–H and O–H groups in total. The molecule has 0 heterocycles. The number of ether oxygens (including phenoxy) is 2. The molecular weight excluding hydrogens is 504 g/mol. The summed E-state index contributed by atoms with van der Waals surface area (Å²) in [4.78, 5) is 0. The molecule has 0 amide bonds. The maximum Gasteiger partial charge on any atom is 0.119 e. The van der Waals surface area contributed by atoms with Gasteiger partial charge >= 0.3 is 0 Å². The van der Waals surface area contributed by atoms with Crippen LogP contribution in [0.1, 0.15) is 67.2 Å². The molecule has 208 valence electrons. The molecule has 0 bridgehead atoms. The molecule has 0 saturated heterocycles. The van der Waals surface area contributed by atoms with Crippen molar-refractivity contribution in [2.75, 3.05) is 13.2 Å². The Morgan fingerprint density at radius 3 is 1.20 bits per heavy atom. The average Bonchev–Trinajstić information content (AvgIpc) is 3.00. The van der Waals surface area contributed by atoms with Crippen molar-refractivity contribution in [1.82, 2.24) is 0 Å². The lowest BCUT2D eigenvalue weighted by atomic mass is 9.99. The van der Waals surface area contributed by atoms with E-state index < -0.39 is 0 Å². The van der Waals surface area contributed by atoms with Gasteiger partial charge < -0.3 is 9.47 Å². The first-order valence-electron chi connectivity index (χ1n) is 14.6. The molecule has 0 aliphatic rings. The first kappa shape index (κ1) is 29.4. The van der Waals surface area contributed by atoms with Crippen molar-refractivity contribution in [2.24, 2.45) is 0 Å². The van der Waals surface area contributed by atoms with Gasteiger partial charge in [0, 0.05) is 0 Å². The lowest BCUT2D eigenvalue weighted by molar-refractivity contribution is 0.299. The molecule has 0 aliphatic heterocycles. The van der Waals surface area contributed by atoms with E-state index in [1.54, 1.807) is 0 Å². The summed E-state index contributed by atoms with van der Waals surface area (Å²) < 4.78 is 12.0. The Morgan fingerprint density at radius 2 is 0.854 bits per heavy atom. The predicted molar refractivity (Wildman–Crippen MR) is 166 cm³/mol. The maximum atomic E-state index is 8.99. The first-order chi connectivity index (χ1) is 20.1. The summed E-state index contributed by atoms with van der Waals surface area (Å²) in [5.41, 5.74) is 8.26. The van der Waals surface area contributed by atoms with E-state index in [4.69, 9.17) is 20.0 Å². The highest BCUT2D eigenvalue weighted by molar-refractivity contribution is 5.69. The van der Waals surface area contributed by atoms with Crippen LogP contribution in [0.15, 0.2) is 84.9 Å². The molecule has 4 aromatic rings. The zero-order chi connectivity index (χ0) is 28.9. The fourth-order valence-corrected chi connectivity index (χ4v) is 5.02. The molecule has 4 aromatic carbocycles. The van der Waals surface area contributed by atoms with Crippen LogP contribution in [0.2, 0.25) is 0 Å². The lowest BCUT2D eigenvalue weighted by Gasteiger charge is -2.11. The van der Waals surface area contributed by atoms with Crippen LogP contribution in [0, 0.1) is 36.5 Å². The van der Waals surface area contributed by atoms with Gasteiger partial charge in [-0.2, -0.15) is 10.5 Å². The minimum atomic E-state index is 0.676. The third-order valence-electron chi connectivity index (χ3n) is 7.37. The summed E-state index contributed by atoms with van der Waals surface area (Å²) in [6.45, 7) is 5.68. The third kappa shape index (κ3) is 8.72. The molecule has 0 saturated carbocycles. The topological polar surface area (TPSA) is 66.0 Å². The van der Waals surface area contributed by atoms with E-state index in [1.165, 1.54) is 54.4 Å². The van der Waals surface area contributed by atoms with Gasteiger partial charge in [0.25, 0.3) is 0 Å². The summed E-state index contributed by atoms with van der Waals surface area (Å²) in [5, 5.41) is 18.0. The van der Waals surface area contributed by atoms with E-state index in [-0.39, 0.29) is 0 Å². The van der Waals surface area contributed by atoms with Crippen LogP contribution in [0.3, 0.4) is 0 Å². The molecular formula is C37H38N2O2. The van der Waals surface area contributed by atoms with Crippen molar-refractivity contribution < 1.29 is 9.47 Å². The Bertz CT molecular complexity index is 1380. The van der Waals surface area contributed by atoms with E-state index in [0.29, 0.717) is 11.1 Å². The number of aryl methyl sites for hydroxylation is 2. The molecule has 0 unspecified atom stereocenters. The lowest BCUT2D eigenvalue weighted by Crippen LogP contribution is -1.99. The van der Waals surface area contributed by atoms with E-state index in [0.717, 1.165) is 48.7 Å². The molecule has 0 radical (unpaired) electrons. The van der Waals surface area contributed by atoms with Gasteiger partial charge in [-0.05, 0) is 109 Å². The van der Waals surface area contributed by atoms with Crippen molar-refractivity contribution in [2.45, 2.75) is 58.8 Å². The van der Waals surface area contributed by atoms with Crippen molar-refractivity contribution in [1.29, 1.82) is 10.5 Å². The highest BCUT2D eigenvalue weighted by Crippen LogP contribution is 2.28. The smallest absolute Gasteiger partial charge is 0.119 e. The number of rotatable bonds is 14. The standard InChI is InChI=1S/C37H38N2O2/c1-28-24-34(18-20-36(28)32-14-10-30(26-38)11-15-32)40-22-8-6-4-3-5-7-9-23-41-35-19-21-37(29(2)25-35)33-16-12-31(27-39)13-17-33/h10-21,24-25H,3-9,22-23H2,1-2H3. The maximum absolute atomic E-state index is 8.99. The molecule has 0 spiro atoms. The van der Waals surface area contributed by atoms with Gasteiger partial charge in [0.2, 0.25) is 0 Å². The first-order valence-corrected chi connectivity index (χ1v) is 14.6. The van der Waals surface area contributed by atoms with Gasteiger partial charge in [-0.1, -0.05) is 68.5 Å². The van der Waals surface area contributed by atoms with E-state index in [2.05, 4.69) is 50.3 Å². The fourth-order valence-electron chi connectivity index (χ4n) is 5.02. The van der Waals surface area contributed by atoms with Crippen LogP contribution in [0.5, 0.6) is 11.5 Å². The van der Waals surface area contributed by atoms with Crippen molar-refractivity contribution in [3.05, 3.63) is 107 Å². The molecule has 41 heavy (non-hydrogen) atoms. The number of hydrogen-bond donors (Lipinski definition) is 0.